The molecule has 4 aromatic rings. The van der Waals surface area contributed by atoms with Gasteiger partial charge >= 0.3 is 5.69 Å². The third-order valence-corrected chi connectivity index (χ3v) is 7.58. The Labute approximate surface area is 209 Å². The molecule has 2 heterocycles. The SMILES string of the molecule is O=C(CCn1c(=O)[nH]c(=O)c2ccccc21)N1CCc2cc(NS(=O)(=O)c3ccc(F)cc3F)ccc21. The average molecular weight is 527 g/mol. The van der Waals surface area contributed by atoms with Crippen LogP contribution in [-0.4, -0.2) is 30.4 Å². The Morgan fingerprint density at radius 1 is 1.03 bits per heavy atom. The first-order valence-electron chi connectivity index (χ1n) is 11.3. The normalized spacial score (nSPS) is 13.1. The molecule has 2 N–H and O–H groups in total. The smallest absolute Gasteiger partial charge is 0.312 e. The molecule has 0 radical (unpaired) electrons. The number of hydrogen-bond donors (Lipinski definition) is 2. The zero-order chi connectivity index (χ0) is 26.3. The van der Waals surface area contributed by atoms with E-state index in [1.807, 2.05) is 0 Å². The number of amides is 1. The lowest BCUT2D eigenvalue weighted by Crippen LogP contribution is -2.34. The lowest BCUT2D eigenvalue weighted by Gasteiger charge is -2.18. The van der Waals surface area contributed by atoms with Gasteiger partial charge in [-0.15, -0.1) is 0 Å². The van der Waals surface area contributed by atoms with Gasteiger partial charge < -0.3 is 4.90 Å². The minimum Gasteiger partial charge on any atom is -0.312 e. The maximum Gasteiger partial charge on any atom is 0.328 e. The molecule has 1 aliphatic rings. The molecule has 0 fully saturated rings. The standard InChI is InChI=1S/C25H20F2N4O5S/c26-16-5-8-22(19(27)14-16)37(35,36)29-17-6-7-20-15(13-17)9-11-30(20)23(32)10-12-31-21-4-2-1-3-18(21)24(33)28-25(31)34/h1-8,13-14,29H,9-12H2,(H,28,33,34). The Kier molecular flexibility index (Phi) is 6.12. The number of benzene rings is 3. The highest BCUT2D eigenvalue weighted by Crippen LogP contribution is 2.32. The largest absolute Gasteiger partial charge is 0.328 e. The summed E-state index contributed by atoms with van der Waals surface area (Å²) in [6.45, 7) is 0.417. The van der Waals surface area contributed by atoms with Crippen molar-refractivity contribution in [3.8, 4) is 0 Å². The van der Waals surface area contributed by atoms with E-state index in [2.05, 4.69) is 9.71 Å². The molecule has 0 bridgehead atoms. The molecule has 1 amide bonds. The summed E-state index contributed by atoms with van der Waals surface area (Å²) in [5, 5.41) is 0.344. The molecule has 190 valence electrons. The van der Waals surface area contributed by atoms with Crippen LogP contribution >= 0.6 is 0 Å². The van der Waals surface area contributed by atoms with Gasteiger partial charge in [-0.3, -0.25) is 23.9 Å². The van der Waals surface area contributed by atoms with E-state index in [4.69, 9.17) is 0 Å². The molecule has 0 unspecified atom stereocenters. The molecule has 0 saturated carbocycles. The molecule has 0 aliphatic carbocycles. The Bertz CT molecular complexity index is 1780. The topological polar surface area (TPSA) is 121 Å². The number of carbonyl (C=O) groups is 1. The number of rotatable bonds is 6. The van der Waals surface area contributed by atoms with E-state index in [9.17, 15) is 31.6 Å². The third-order valence-electron chi connectivity index (χ3n) is 6.17. The van der Waals surface area contributed by atoms with Crippen LogP contribution in [0, 0.1) is 11.6 Å². The van der Waals surface area contributed by atoms with Gasteiger partial charge in [-0.25, -0.2) is 22.0 Å². The molecule has 9 nitrogen and oxygen atoms in total. The van der Waals surface area contributed by atoms with Crippen LogP contribution in [0.5, 0.6) is 0 Å². The van der Waals surface area contributed by atoms with E-state index in [1.165, 1.54) is 10.6 Å². The number of sulfonamides is 1. The van der Waals surface area contributed by atoms with Crippen LogP contribution < -0.4 is 20.9 Å². The summed E-state index contributed by atoms with van der Waals surface area (Å²) in [4.78, 5) is 40.5. The second-order valence-corrected chi connectivity index (χ2v) is 10.1. The monoisotopic (exact) mass is 526 g/mol. The molecule has 0 spiro atoms. The summed E-state index contributed by atoms with van der Waals surface area (Å²) < 4.78 is 55.9. The molecular weight excluding hydrogens is 506 g/mol. The minimum absolute atomic E-state index is 0.00634. The van der Waals surface area contributed by atoms with Crippen molar-refractivity contribution in [1.29, 1.82) is 0 Å². The number of nitrogens with one attached hydrogen (secondary N) is 2. The molecule has 1 aliphatic heterocycles. The van der Waals surface area contributed by atoms with E-state index in [1.54, 1.807) is 41.3 Å². The summed E-state index contributed by atoms with van der Waals surface area (Å²) in [5.41, 5.74) is 0.806. The third kappa shape index (κ3) is 4.62. The van der Waals surface area contributed by atoms with Crippen LogP contribution in [0.25, 0.3) is 10.9 Å². The minimum atomic E-state index is -4.30. The fourth-order valence-electron chi connectivity index (χ4n) is 4.43. The van der Waals surface area contributed by atoms with Crippen molar-refractivity contribution in [2.24, 2.45) is 0 Å². The van der Waals surface area contributed by atoms with Crippen LogP contribution in [0.15, 0.2) is 75.1 Å². The average Bonchev–Trinajstić information content (AvgIpc) is 3.26. The fraction of sp³-hybridized carbons (Fsp3) is 0.160. The number of aromatic nitrogens is 2. The number of para-hydroxylation sites is 1. The van der Waals surface area contributed by atoms with Crippen molar-refractivity contribution in [2.75, 3.05) is 16.2 Å². The van der Waals surface area contributed by atoms with Gasteiger partial charge in [-0.05, 0) is 54.4 Å². The highest BCUT2D eigenvalue weighted by atomic mass is 32.2. The van der Waals surface area contributed by atoms with Crippen LogP contribution in [0.3, 0.4) is 0 Å². The summed E-state index contributed by atoms with van der Waals surface area (Å²) in [6.07, 6.45) is 0.455. The highest BCUT2D eigenvalue weighted by Gasteiger charge is 2.26. The first-order chi connectivity index (χ1) is 17.6. The van der Waals surface area contributed by atoms with Crippen molar-refractivity contribution in [3.05, 3.63) is 98.7 Å². The molecule has 12 heteroatoms. The van der Waals surface area contributed by atoms with Crippen molar-refractivity contribution >= 4 is 38.2 Å². The van der Waals surface area contributed by atoms with Crippen molar-refractivity contribution in [2.45, 2.75) is 24.3 Å². The van der Waals surface area contributed by atoms with E-state index in [0.717, 1.165) is 12.1 Å². The number of nitrogens with zero attached hydrogens (tertiary/aromatic N) is 2. The fourth-order valence-corrected chi connectivity index (χ4v) is 5.54. The Morgan fingerprint density at radius 3 is 2.59 bits per heavy atom. The second kappa shape index (κ2) is 9.28. The van der Waals surface area contributed by atoms with Crippen LogP contribution in [0.4, 0.5) is 20.2 Å². The van der Waals surface area contributed by atoms with Gasteiger partial charge in [0.05, 0.1) is 10.9 Å². The van der Waals surface area contributed by atoms with Crippen LogP contribution in [0.2, 0.25) is 0 Å². The number of aromatic amines is 1. The molecular formula is C25H20F2N4O5S. The van der Waals surface area contributed by atoms with Gasteiger partial charge in [-0.1, -0.05) is 12.1 Å². The molecule has 0 saturated heterocycles. The number of hydrogen-bond acceptors (Lipinski definition) is 5. The van der Waals surface area contributed by atoms with E-state index in [-0.39, 0.29) is 24.6 Å². The summed E-state index contributed by atoms with van der Waals surface area (Å²) in [7, 11) is -4.30. The van der Waals surface area contributed by atoms with Crippen molar-refractivity contribution in [3.63, 3.8) is 0 Å². The number of anilines is 2. The number of aryl methyl sites for hydroxylation is 1. The first-order valence-corrected chi connectivity index (χ1v) is 12.8. The molecule has 5 rings (SSSR count). The zero-order valence-electron chi connectivity index (χ0n) is 19.2. The zero-order valence-corrected chi connectivity index (χ0v) is 20.0. The molecule has 37 heavy (non-hydrogen) atoms. The van der Waals surface area contributed by atoms with E-state index < -0.39 is 37.8 Å². The predicted octanol–water partition coefficient (Wildman–Crippen LogP) is 2.75. The number of H-pyrrole nitrogens is 1. The maximum absolute atomic E-state index is 14.0. The van der Waals surface area contributed by atoms with Gasteiger partial charge in [0.25, 0.3) is 15.6 Å². The lowest BCUT2D eigenvalue weighted by atomic mass is 10.1. The Balaban J connectivity index is 1.33. The van der Waals surface area contributed by atoms with E-state index >= 15 is 0 Å². The van der Waals surface area contributed by atoms with Gasteiger partial charge in [0.15, 0.2) is 0 Å². The van der Waals surface area contributed by atoms with Crippen molar-refractivity contribution in [1.82, 2.24) is 9.55 Å². The van der Waals surface area contributed by atoms with Crippen molar-refractivity contribution < 1.29 is 22.0 Å². The molecule has 1 aromatic heterocycles. The second-order valence-electron chi connectivity index (χ2n) is 8.50. The summed E-state index contributed by atoms with van der Waals surface area (Å²) in [6, 6.07) is 13.4. The molecule has 3 aromatic carbocycles. The van der Waals surface area contributed by atoms with Crippen LogP contribution in [0.1, 0.15) is 12.0 Å². The quantitative estimate of drug-likeness (QED) is 0.400. The van der Waals surface area contributed by atoms with Gasteiger partial charge in [0.1, 0.15) is 16.5 Å². The Morgan fingerprint density at radius 2 is 1.81 bits per heavy atom. The predicted molar refractivity (Wildman–Crippen MR) is 133 cm³/mol. The van der Waals surface area contributed by atoms with Gasteiger partial charge in [-0.2, -0.15) is 0 Å². The first kappa shape index (κ1) is 24.4. The van der Waals surface area contributed by atoms with Gasteiger partial charge in [0.2, 0.25) is 5.91 Å². The maximum atomic E-state index is 14.0. The highest BCUT2D eigenvalue weighted by molar-refractivity contribution is 7.92. The number of fused-ring (bicyclic) bond motifs is 2. The summed E-state index contributed by atoms with van der Waals surface area (Å²) >= 11 is 0. The Hall–Kier alpha value is -4.32. The number of halogens is 2. The molecule has 0 atom stereocenters. The number of carbonyl (C=O) groups excluding carboxylic acids is 1. The van der Waals surface area contributed by atoms with E-state index in [0.29, 0.717) is 41.2 Å². The van der Waals surface area contributed by atoms with Crippen LogP contribution in [-0.2, 0) is 27.8 Å². The lowest BCUT2D eigenvalue weighted by molar-refractivity contribution is -0.118. The van der Waals surface area contributed by atoms with Gasteiger partial charge in [0, 0.05) is 37.0 Å². The summed E-state index contributed by atoms with van der Waals surface area (Å²) in [5.74, 6) is -2.35.